The predicted octanol–water partition coefficient (Wildman–Crippen LogP) is 1.51. The molecule has 0 saturated carbocycles. The van der Waals surface area contributed by atoms with Crippen molar-refractivity contribution in [2.75, 3.05) is 0 Å². The van der Waals surface area contributed by atoms with Crippen molar-refractivity contribution >= 4 is 27.5 Å². The first kappa shape index (κ1) is 7.24. The van der Waals surface area contributed by atoms with Crippen LogP contribution < -0.4 is 5.73 Å². The standard InChI is InChI=1S/C8H6N2OS/c9-7(11)6-4-5-2-1-3-10-8(5)12-6/h1-4H,(H2,9,11)/p+1. The van der Waals surface area contributed by atoms with E-state index in [9.17, 15) is 4.79 Å². The Morgan fingerprint density at radius 2 is 2.50 bits per heavy atom. The van der Waals surface area contributed by atoms with Crippen LogP contribution in [0.25, 0.3) is 10.2 Å². The molecule has 0 atom stereocenters. The molecule has 2 aromatic rings. The van der Waals surface area contributed by atoms with E-state index in [1.54, 1.807) is 12.3 Å². The van der Waals surface area contributed by atoms with Gasteiger partial charge in [-0.25, -0.2) is 4.98 Å². The number of nitrogens with zero attached hydrogens (tertiary/aromatic N) is 1. The second-order valence-electron chi connectivity index (χ2n) is 2.37. The first-order chi connectivity index (χ1) is 5.77. The number of pyridine rings is 1. The number of rotatable bonds is 1. The van der Waals surface area contributed by atoms with E-state index in [0.29, 0.717) is 4.88 Å². The number of hydrogen-bond donors (Lipinski definition) is 1. The van der Waals surface area contributed by atoms with Crippen molar-refractivity contribution in [3.63, 3.8) is 0 Å². The Morgan fingerprint density at radius 1 is 1.67 bits per heavy atom. The number of hydrogen-bond acceptors (Lipinski definition) is 3. The van der Waals surface area contributed by atoms with Crippen molar-refractivity contribution in [1.29, 1.82) is 0 Å². The minimum Gasteiger partial charge on any atom is -0.365 e. The van der Waals surface area contributed by atoms with E-state index in [0.717, 1.165) is 10.2 Å². The van der Waals surface area contributed by atoms with Crippen LogP contribution in [0, 0.1) is 0 Å². The Balaban J connectivity index is 0.000000845. The van der Waals surface area contributed by atoms with Gasteiger partial charge in [-0.2, -0.15) is 0 Å². The Kier molecular flexibility index (Phi) is 1.55. The number of carbonyl (C=O) groups is 1. The Bertz CT molecular complexity index is 407. The highest BCUT2D eigenvalue weighted by Gasteiger charge is 2.05. The number of fused-ring (bicyclic) bond motifs is 1. The van der Waals surface area contributed by atoms with Crippen molar-refractivity contribution in [2.45, 2.75) is 0 Å². The van der Waals surface area contributed by atoms with E-state index in [-0.39, 0.29) is 1.43 Å². The monoisotopic (exact) mass is 179 g/mol. The van der Waals surface area contributed by atoms with E-state index in [1.165, 1.54) is 11.3 Å². The Hall–Kier alpha value is -1.42. The molecule has 3 nitrogen and oxygen atoms in total. The summed E-state index contributed by atoms with van der Waals surface area (Å²) in [4.78, 5) is 16.3. The fourth-order valence-corrected chi connectivity index (χ4v) is 1.85. The van der Waals surface area contributed by atoms with Crippen LogP contribution in [0.3, 0.4) is 0 Å². The third kappa shape index (κ3) is 1.06. The quantitative estimate of drug-likeness (QED) is 0.721. The Labute approximate surface area is 74.3 Å². The van der Waals surface area contributed by atoms with E-state index in [2.05, 4.69) is 4.98 Å². The van der Waals surface area contributed by atoms with Crippen LogP contribution in [0.15, 0.2) is 24.4 Å². The molecule has 2 heterocycles. The number of aromatic nitrogens is 1. The van der Waals surface area contributed by atoms with Gasteiger partial charge in [0.2, 0.25) is 0 Å². The highest BCUT2D eigenvalue weighted by Crippen LogP contribution is 2.22. The lowest BCUT2D eigenvalue weighted by Gasteiger charge is -1.81. The first-order valence-corrected chi connectivity index (χ1v) is 4.23. The van der Waals surface area contributed by atoms with Gasteiger partial charge in [-0.3, -0.25) is 4.79 Å². The summed E-state index contributed by atoms with van der Waals surface area (Å²) in [7, 11) is 0. The van der Waals surface area contributed by atoms with Crippen molar-refractivity contribution in [3.8, 4) is 0 Å². The minimum absolute atomic E-state index is 0. The van der Waals surface area contributed by atoms with Crippen LogP contribution in [-0.2, 0) is 0 Å². The van der Waals surface area contributed by atoms with Gasteiger partial charge in [0, 0.05) is 11.6 Å². The molecule has 0 saturated heterocycles. The molecule has 2 aromatic heterocycles. The highest BCUT2D eigenvalue weighted by molar-refractivity contribution is 7.20. The van der Waals surface area contributed by atoms with Gasteiger partial charge in [-0.15, -0.1) is 11.3 Å². The van der Waals surface area contributed by atoms with Crippen LogP contribution in [0.5, 0.6) is 0 Å². The maximum absolute atomic E-state index is 10.8. The third-order valence-electron chi connectivity index (χ3n) is 1.54. The average Bonchev–Trinajstić information content (AvgIpc) is 2.46. The van der Waals surface area contributed by atoms with Crippen LogP contribution >= 0.6 is 11.3 Å². The third-order valence-corrected chi connectivity index (χ3v) is 2.61. The Morgan fingerprint density at radius 3 is 3.17 bits per heavy atom. The van der Waals surface area contributed by atoms with Gasteiger partial charge in [-0.1, -0.05) is 6.07 Å². The molecule has 2 rings (SSSR count). The summed E-state index contributed by atoms with van der Waals surface area (Å²) in [6.45, 7) is 0. The molecule has 0 aliphatic carbocycles. The highest BCUT2D eigenvalue weighted by atomic mass is 32.1. The maximum Gasteiger partial charge on any atom is 1.00 e. The number of primary amides is 1. The van der Waals surface area contributed by atoms with Gasteiger partial charge >= 0.3 is 1.43 Å². The molecule has 1 amide bonds. The summed E-state index contributed by atoms with van der Waals surface area (Å²) in [5.74, 6) is -0.391. The smallest absolute Gasteiger partial charge is 0.365 e. The van der Waals surface area contributed by atoms with Gasteiger partial charge in [0.25, 0.3) is 5.91 Å². The molecule has 0 radical (unpaired) electrons. The van der Waals surface area contributed by atoms with Gasteiger partial charge < -0.3 is 5.73 Å². The fourth-order valence-electron chi connectivity index (χ4n) is 0.995. The molecule has 0 aromatic carbocycles. The normalized spacial score (nSPS) is 10.3. The fraction of sp³-hybridized carbons (Fsp3) is 0. The van der Waals surface area contributed by atoms with Crippen LogP contribution in [-0.4, -0.2) is 10.9 Å². The summed E-state index contributed by atoms with van der Waals surface area (Å²) in [6.07, 6.45) is 1.70. The summed E-state index contributed by atoms with van der Waals surface area (Å²) in [5.41, 5.74) is 5.12. The van der Waals surface area contributed by atoms with Crippen molar-refractivity contribution in [2.24, 2.45) is 5.73 Å². The van der Waals surface area contributed by atoms with Gasteiger partial charge in [0.15, 0.2) is 0 Å². The lowest BCUT2D eigenvalue weighted by Crippen LogP contribution is -2.07. The van der Waals surface area contributed by atoms with Crippen molar-refractivity contribution in [3.05, 3.63) is 29.3 Å². The molecule has 2 N–H and O–H groups in total. The summed E-state index contributed by atoms with van der Waals surface area (Å²) < 4.78 is 0. The summed E-state index contributed by atoms with van der Waals surface area (Å²) >= 11 is 1.32. The molecule has 0 bridgehead atoms. The zero-order valence-corrected chi connectivity index (χ0v) is 6.97. The molecule has 12 heavy (non-hydrogen) atoms. The molecule has 60 valence electrons. The SMILES string of the molecule is NC(=O)c1cc2cccnc2s1.[H+]. The van der Waals surface area contributed by atoms with E-state index < -0.39 is 5.91 Å². The van der Waals surface area contributed by atoms with E-state index in [1.807, 2.05) is 12.1 Å². The maximum atomic E-state index is 10.8. The van der Waals surface area contributed by atoms with Gasteiger partial charge in [-0.05, 0) is 12.1 Å². The molecule has 4 heteroatoms. The van der Waals surface area contributed by atoms with Crippen LogP contribution in [0.2, 0.25) is 0 Å². The molecule has 0 aliphatic rings. The topological polar surface area (TPSA) is 56.0 Å². The predicted molar refractivity (Wildman–Crippen MR) is 49.2 cm³/mol. The van der Waals surface area contributed by atoms with Gasteiger partial charge in [0.05, 0.1) is 4.88 Å². The van der Waals surface area contributed by atoms with Crippen molar-refractivity contribution < 1.29 is 6.22 Å². The molecular weight excluding hydrogens is 172 g/mol. The number of amides is 1. The average molecular weight is 179 g/mol. The van der Waals surface area contributed by atoms with Crippen molar-refractivity contribution in [1.82, 2.24) is 4.98 Å². The van der Waals surface area contributed by atoms with E-state index in [4.69, 9.17) is 5.73 Å². The zero-order valence-electron chi connectivity index (χ0n) is 7.15. The number of carbonyl (C=O) groups excluding carboxylic acids is 1. The summed E-state index contributed by atoms with van der Waals surface area (Å²) in [5, 5.41) is 0.969. The number of nitrogens with two attached hydrogens (primary N) is 1. The largest absolute Gasteiger partial charge is 1.00 e. The molecular formula is C8H7N2OS+. The second kappa shape index (κ2) is 2.57. The minimum atomic E-state index is -0.391. The lowest BCUT2D eigenvalue weighted by molar-refractivity contribution is 0.100. The summed E-state index contributed by atoms with van der Waals surface area (Å²) in [6, 6.07) is 5.50. The van der Waals surface area contributed by atoms with E-state index >= 15 is 0 Å². The molecule has 0 spiro atoms. The second-order valence-corrected chi connectivity index (χ2v) is 3.40. The molecule has 0 aliphatic heterocycles. The van der Waals surface area contributed by atoms with Crippen LogP contribution in [0.4, 0.5) is 0 Å². The molecule has 0 unspecified atom stereocenters. The molecule has 0 fully saturated rings. The lowest BCUT2D eigenvalue weighted by atomic mass is 10.3. The number of thiophene rings is 1. The van der Waals surface area contributed by atoms with Crippen LogP contribution in [0.1, 0.15) is 11.1 Å². The zero-order chi connectivity index (χ0) is 8.55. The van der Waals surface area contributed by atoms with Gasteiger partial charge in [0.1, 0.15) is 4.83 Å². The first-order valence-electron chi connectivity index (χ1n) is 3.42.